The highest BCUT2D eigenvalue weighted by atomic mass is 16.6. The molecule has 1 fully saturated rings. The summed E-state index contributed by atoms with van der Waals surface area (Å²) in [5.74, 6) is -0.168. The standard InChI is InChI=1S/C13H16N6O3/c1-8-2-3-9(13(14)20)7-17(8)11-5-4-10-15-6-12(19(21)22)18(10)16-11/h4-6,8-9H,2-3,7H2,1H3,(H2,14,20)/t8-,9+/m1/s1. The lowest BCUT2D eigenvalue weighted by Crippen LogP contribution is -2.46. The zero-order chi connectivity index (χ0) is 15.9. The SMILES string of the molecule is C[C@@H]1CC[C@H](C(N)=O)CN1c1ccc2ncc([N+](=O)[O-])n2n1. The normalized spacial score (nSPS) is 22.0. The molecule has 0 aliphatic carbocycles. The van der Waals surface area contributed by atoms with Gasteiger partial charge in [0.2, 0.25) is 11.6 Å². The van der Waals surface area contributed by atoms with Crippen molar-refractivity contribution in [3.8, 4) is 0 Å². The number of carbonyl (C=O) groups excluding carboxylic acids is 1. The molecule has 2 aromatic heterocycles. The average Bonchev–Trinajstić information content (AvgIpc) is 2.90. The molecular weight excluding hydrogens is 288 g/mol. The molecule has 3 heterocycles. The highest BCUT2D eigenvalue weighted by molar-refractivity contribution is 5.77. The number of anilines is 1. The third kappa shape index (κ3) is 2.34. The summed E-state index contributed by atoms with van der Waals surface area (Å²) in [5.41, 5.74) is 5.81. The number of primary amides is 1. The minimum Gasteiger partial charge on any atom is -0.369 e. The van der Waals surface area contributed by atoms with Crippen LogP contribution in [0.3, 0.4) is 0 Å². The Balaban J connectivity index is 1.99. The van der Waals surface area contributed by atoms with Gasteiger partial charge in [-0.3, -0.25) is 4.79 Å². The Hall–Kier alpha value is -2.71. The maximum Gasteiger partial charge on any atom is 0.368 e. The highest BCUT2D eigenvalue weighted by Gasteiger charge is 2.30. The minimum absolute atomic E-state index is 0.183. The van der Waals surface area contributed by atoms with E-state index in [0.717, 1.165) is 12.8 Å². The van der Waals surface area contributed by atoms with Gasteiger partial charge in [0.25, 0.3) is 0 Å². The van der Waals surface area contributed by atoms with Gasteiger partial charge in [0.05, 0.1) is 5.92 Å². The maximum absolute atomic E-state index is 11.4. The number of amides is 1. The summed E-state index contributed by atoms with van der Waals surface area (Å²) in [6, 6.07) is 3.62. The third-order valence-electron chi connectivity index (χ3n) is 4.10. The highest BCUT2D eigenvalue weighted by Crippen LogP contribution is 2.27. The molecule has 9 heteroatoms. The zero-order valence-electron chi connectivity index (χ0n) is 12.0. The fourth-order valence-corrected chi connectivity index (χ4v) is 2.79. The Labute approximate surface area is 125 Å². The molecule has 1 aliphatic heterocycles. The van der Waals surface area contributed by atoms with Gasteiger partial charge in [-0.25, -0.2) is 4.98 Å². The van der Waals surface area contributed by atoms with Crippen molar-refractivity contribution in [3.05, 3.63) is 28.4 Å². The van der Waals surface area contributed by atoms with Crippen molar-refractivity contribution in [3.63, 3.8) is 0 Å². The van der Waals surface area contributed by atoms with Crippen LogP contribution in [-0.4, -0.2) is 38.0 Å². The van der Waals surface area contributed by atoms with E-state index < -0.39 is 4.92 Å². The molecule has 0 aromatic carbocycles. The van der Waals surface area contributed by atoms with Crippen LogP contribution in [-0.2, 0) is 4.79 Å². The fraction of sp³-hybridized carbons (Fsp3) is 0.462. The number of rotatable bonds is 3. The summed E-state index contributed by atoms with van der Waals surface area (Å²) in [6.45, 7) is 2.50. The van der Waals surface area contributed by atoms with Gasteiger partial charge in [-0.2, -0.15) is 0 Å². The van der Waals surface area contributed by atoms with Crippen LogP contribution in [0.25, 0.3) is 5.65 Å². The van der Waals surface area contributed by atoms with Gasteiger partial charge in [-0.1, -0.05) is 9.61 Å². The van der Waals surface area contributed by atoms with E-state index in [1.54, 1.807) is 12.1 Å². The molecule has 0 spiro atoms. The first-order valence-corrected chi connectivity index (χ1v) is 7.02. The van der Waals surface area contributed by atoms with Gasteiger partial charge in [-0.15, -0.1) is 0 Å². The lowest BCUT2D eigenvalue weighted by atomic mass is 9.93. The molecule has 0 radical (unpaired) electrons. The Kier molecular flexibility index (Phi) is 3.39. The number of hydrogen-bond donors (Lipinski definition) is 1. The van der Waals surface area contributed by atoms with Crippen LogP contribution in [0, 0.1) is 16.0 Å². The molecule has 22 heavy (non-hydrogen) atoms. The van der Waals surface area contributed by atoms with E-state index in [4.69, 9.17) is 5.73 Å². The van der Waals surface area contributed by atoms with Crippen LogP contribution in [0.15, 0.2) is 18.3 Å². The third-order valence-corrected chi connectivity index (χ3v) is 4.10. The van der Waals surface area contributed by atoms with Crippen molar-refractivity contribution in [1.29, 1.82) is 0 Å². The Morgan fingerprint density at radius 2 is 2.23 bits per heavy atom. The maximum atomic E-state index is 11.4. The summed E-state index contributed by atoms with van der Waals surface area (Å²) in [6.07, 6.45) is 2.75. The molecule has 0 unspecified atom stereocenters. The molecule has 1 amide bonds. The number of aromatic nitrogens is 3. The number of nitrogens with two attached hydrogens (primary N) is 1. The van der Waals surface area contributed by atoms with Crippen molar-refractivity contribution in [2.75, 3.05) is 11.4 Å². The number of imidazole rings is 1. The number of piperidine rings is 1. The number of carbonyl (C=O) groups is 1. The van der Waals surface area contributed by atoms with Crippen LogP contribution in [0.1, 0.15) is 19.8 Å². The minimum atomic E-state index is -0.525. The summed E-state index contributed by atoms with van der Waals surface area (Å²) in [5, 5.41) is 15.3. The van der Waals surface area contributed by atoms with Crippen molar-refractivity contribution < 1.29 is 9.72 Å². The average molecular weight is 304 g/mol. The topological polar surface area (TPSA) is 120 Å². The fourth-order valence-electron chi connectivity index (χ4n) is 2.79. The first-order chi connectivity index (χ1) is 10.5. The van der Waals surface area contributed by atoms with Gasteiger partial charge in [-0.05, 0) is 30.8 Å². The summed E-state index contributed by atoms with van der Waals surface area (Å²) >= 11 is 0. The van der Waals surface area contributed by atoms with E-state index >= 15 is 0 Å². The van der Waals surface area contributed by atoms with Gasteiger partial charge >= 0.3 is 5.82 Å². The molecule has 2 aromatic rings. The van der Waals surface area contributed by atoms with Crippen LogP contribution in [0.2, 0.25) is 0 Å². The van der Waals surface area contributed by atoms with E-state index in [1.807, 2.05) is 11.8 Å². The van der Waals surface area contributed by atoms with Gasteiger partial charge in [0, 0.05) is 18.7 Å². The van der Waals surface area contributed by atoms with Crippen molar-refractivity contribution in [2.45, 2.75) is 25.8 Å². The summed E-state index contributed by atoms with van der Waals surface area (Å²) < 4.78 is 1.20. The van der Waals surface area contributed by atoms with Crippen LogP contribution in [0.5, 0.6) is 0 Å². The largest absolute Gasteiger partial charge is 0.369 e. The predicted octanol–water partition coefficient (Wildman–Crippen LogP) is 0.728. The first-order valence-electron chi connectivity index (χ1n) is 7.02. The number of nitrogens with zero attached hydrogens (tertiary/aromatic N) is 5. The molecule has 0 bridgehead atoms. The molecule has 1 aliphatic rings. The Morgan fingerprint density at radius 3 is 2.91 bits per heavy atom. The van der Waals surface area contributed by atoms with Gasteiger partial charge < -0.3 is 20.7 Å². The number of hydrogen-bond acceptors (Lipinski definition) is 6. The van der Waals surface area contributed by atoms with Crippen molar-refractivity contribution >= 4 is 23.2 Å². The van der Waals surface area contributed by atoms with Crippen LogP contribution >= 0.6 is 0 Å². The van der Waals surface area contributed by atoms with Crippen molar-refractivity contribution in [2.24, 2.45) is 11.7 Å². The molecule has 116 valence electrons. The summed E-state index contributed by atoms with van der Waals surface area (Å²) in [7, 11) is 0. The van der Waals surface area contributed by atoms with Crippen LogP contribution < -0.4 is 10.6 Å². The molecule has 0 saturated carbocycles. The van der Waals surface area contributed by atoms with Gasteiger partial charge in [0.1, 0.15) is 6.20 Å². The number of fused-ring (bicyclic) bond motifs is 1. The Bertz CT molecular complexity index is 742. The van der Waals surface area contributed by atoms with E-state index in [-0.39, 0.29) is 23.7 Å². The monoisotopic (exact) mass is 304 g/mol. The predicted molar refractivity (Wildman–Crippen MR) is 78.4 cm³/mol. The van der Waals surface area contributed by atoms with E-state index in [0.29, 0.717) is 18.0 Å². The smallest absolute Gasteiger partial charge is 0.368 e. The molecule has 3 rings (SSSR count). The van der Waals surface area contributed by atoms with Gasteiger partial charge in [0.15, 0.2) is 5.82 Å². The van der Waals surface area contributed by atoms with Crippen molar-refractivity contribution in [1.82, 2.24) is 14.6 Å². The van der Waals surface area contributed by atoms with E-state index in [9.17, 15) is 14.9 Å². The second-order valence-corrected chi connectivity index (χ2v) is 5.51. The summed E-state index contributed by atoms with van der Waals surface area (Å²) in [4.78, 5) is 27.8. The second kappa shape index (κ2) is 5.24. The number of nitro groups is 1. The molecule has 2 atom stereocenters. The molecule has 9 nitrogen and oxygen atoms in total. The van der Waals surface area contributed by atoms with E-state index in [1.165, 1.54) is 10.7 Å². The Morgan fingerprint density at radius 1 is 1.45 bits per heavy atom. The first kappa shape index (κ1) is 14.2. The second-order valence-electron chi connectivity index (χ2n) is 5.51. The molecule has 2 N–H and O–H groups in total. The molecular formula is C13H16N6O3. The lowest BCUT2D eigenvalue weighted by Gasteiger charge is -2.37. The quantitative estimate of drug-likeness (QED) is 0.659. The lowest BCUT2D eigenvalue weighted by molar-refractivity contribution is -0.391. The van der Waals surface area contributed by atoms with E-state index in [2.05, 4.69) is 10.1 Å². The van der Waals surface area contributed by atoms with Crippen LogP contribution in [0.4, 0.5) is 11.6 Å². The molecule has 1 saturated heterocycles. The zero-order valence-corrected chi connectivity index (χ0v) is 12.0.